The molecule has 1 N–H and O–H groups in total. The highest BCUT2D eigenvalue weighted by atomic mass is 16.5. The fraction of sp³-hybridized carbons (Fsp3) is 0.258. The lowest BCUT2D eigenvalue weighted by Gasteiger charge is -2.22. The molecule has 4 aromatic rings. The zero-order valence-corrected chi connectivity index (χ0v) is 21.0. The Morgan fingerprint density at radius 3 is 2.22 bits per heavy atom. The summed E-state index contributed by atoms with van der Waals surface area (Å²) >= 11 is 0. The van der Waals surface area contributed by atoms with Crippen molar-refractivity contribution in [2.24, 2.45) is 0 Å². The second-order valence-corrected chi connectivity index (χ2v) is 9.11. The molecule has 1 unspecified atom stereocenters. The first-order chi connectivity index (χ1) is 17.6. The molecule has 1 aromatic heterocycles. The van der Waals surface area contributed by atoms with Crippen LogP contribution in [0.3, 0.4) is 0 Å². The summed E-state index contributed by atoms with van der Waals surface area (Å²) in [6, 6.07) is 32.4. The summed E-state index contributed by atoms with van der Waals surface area (Å²) in [4.78, 5) is 15.1. The van der Waals surface area contributed by atoms with E-state index in [1.165, 1.54) is 11.1 Å². The van der Waals surface area contributed by atoms with Crippen LogP contribution < -0.4 is 10.1 Å². The quantitative estimate of drug-likeness (QED) is 0.260. The summed E-state index contributed by atoms with van der Waals surface area (Å²) in [5.41, 5.74) is 3.59. The fourth-order valence-electron chi connectivity index (χ4n) is 4.28. The number of ether oxygens (including phenoxy) is 1. The molecule has 5 nitrogen and oxygen atoms in total. The average Bonchev–Trinajstić information content (AvgIpc) is 3.37. The first kappa shape index (κ1) is 25.3. The topological polar surface area (TPSA) is 54.7 Å². The van der Waals surface area contributed by atoms with Crippen LogP contribution in [-0.2, 0) is 26.1 Å². The zero-order chi connectivity index (χ0) is 25.2. The van der Waals surface area contributed by atoms with Crippen molar-refractivity contribution in [2.75, 3.05) is 7.11 Å². The molecular formula is C31H34N2O3. The van der Waals surface area contributed by atoms with Crippen molar-refractivity contribution >= 4 is 5.91 Å². The monoisotopic (exact) mass is 482 g/mol. The minimum Gasteiger partial charge on any atom is -0.496 e. The maximum absolute atomic E-state index is 12.8. The maximum Gasteiger partial charge on any atom is 0.287 e. The SMILES string of the molecule is COc1ccccc1CN(Cc1ccccc1)Cc1ccc(C(=O)NC(C)CCc2ccccc2)o1. The van der Waals surface area contributed by atoms with Crippen LogP contribution in [0, 0.1) is 0 Å². The van der Waals surface area contributed by atoms with Gasteiger partial charge in [0.1, 0.15) is 11.5 Å². The molecule has 1 atom stereocenters. The van der Waals surface area contributed by atoms with Crippen molar-refractivity contribution in [1.29, 1.82) is 0 Å². The first-order valence-corrected chi connectivity index (χ1v) is 12.4. The second kappa shape index (κ2) is 12.8. The molecule has 0 aliphatic carbocycles. The number of furan rings is 1. The number of para-hydroxylation sites is 1. The number of carbonyl (C=O) groups is 1. The third-order valence-corrected chi connectivity index (χ3v) is 6.19. The molecule has 0 aliphatic rings. The number of benzene rings is 3. The van der Waals surface area contributed by atoms with E-state index >= 15 is 0 Å². The van der Waals surface area contributed by atoms with Gasteiger partial charge in [-0.2, -0.15) is 0 Å². The molecular weight excluding hydrogens is 448 g/mol. The van der Waals surface area contributed by atoms with Crippen LogP contribution in [0.1, 0.15) is 46.3 Å². The predicted octanol–water partition coefficient (Wildman–Crippen LogP) is 6.24. The van der Waals surface area contributed by atoms with Crippen LogP contribution >= 0.6 is 0 Å². The Balaban J connectivity index is 1.39. The molecule has 0 radical (unpaired) electrons. The van der Waals surface area contributed by atoms with E-state index in [0.717, 1.165) is 36.5 Å². The Morgan fingerprint density at radius 2 is 1.50 bits per heavy atom. The lowest BCUT2D eigenvalue weighted by molar-refractivity contribution is 0.0906. The summed E-state index contributed by atoms with van der Waals surface area (Å²) in [6.45, 7) is 4.04. The highest BCUT2D eigenvalue weighted by Crippen LogP contribution is 2.22. The van der Waals surface area contributed by atoms with E-state index in [1.807, 2.05) is 67.6 Å². The molecule has 0 saturated carbocycles. The summed E-state index contributed by atoms with van der Waals surface area (Å²) in [6.07, 6.45) is 1.79. The maximum atomic E-state index is 12.8. The number of hydrogen-bond donors (Lipinski definition) is 1. The molecule has 0 aliphatic heterocycles. The van der Waals surface area contributed by atoms with Gasteiger partial charge in [-0.3, -0.25) is 9.69 Å². The van der Waals surface area contributed by atoms with Gasteiger partial charge in [0.15, 0.2) is 5.76 Å². The standard InChI is InChI=1S/C31H34N2O3/c1-24(17-18-25-11-5-3-6-12-25)32-31(34)30-20-19-28(36-30)23-33(21-26-13-7-4-8-14-26)22-27-15-9-10-16-29(27)35-2/h3-16,19-20,24H,17-18,21-23H2,1-2H3,(H,32,34). The number of carbonyl (C=O) groups excluding carboxylic acids is 1. The fourth-order valence-corrected chi connectivity index (χ4v) is 4.28. The Hall–Kier alpha value is -3.83. The van der Waals surface area contributed by atoms with Gasteiger partial charge in [-0.15, -0.1) is 0 Å². The number of amides is 1. The molecule has 5 heteroatoms. The molecule has 0 spiro atoms. The van der Waals surface area contributed by atoms with Crippen LogP contribution in [-0.4, -0.2) is 24.0 Å². The minimum absolute atomic E-state index is 0.0476. The van der Waals surface area contributed by atoms with Crippen molar-refractivity contribution < 1.29 is 13.9 Å². The lowest BCUT2D eigenvalue weighted by atomic mass is 10.1. The second-order valence-electron chi connectivity index (χ2n) is 9.11. The summed E-state index contributed by atoms with van der Waals surface area (Å²) in [7, 11) is 1.69. The number of rotatable bonds is 12. The highest BCUT2D eigenvalue weighted by Gasteiger charge is 2.17. The van der Waals surface area contributed by atoms with E-state index in [2.05, 4.69) is 40.5 Å². The molecule has 186 valence electrons. The normalized spacial score (nSPS) is 11.9. The molecule has 0 fully saturated rings. The summed E-state index contributed by atoms with van der Waals surface area (Å²) in [5.74, 6) is 1.78. The number of hydrogen-bond acceptors (Lipinski definition) is 4. The van der Waals surface area contributed by atoms with Gasteiger partial charge in [0.25, 0.3) is 5.91 Å². The van der Waals surface area contributed by atoms with Gasteiger partial charge < -0.3 is 14.5 Å². The van der Waals surface area contributed by atoms with Crippen molar-refractivity contribution in [3.63, 3.8) is 0 Å². The van der Waals surface area contributed by atoms with Gasteiger partial charge in [0.05, 0.1) is 13.7 Å². The largest absolute Gasteiger partial charge is 0.496 e. The number of methoxy groups -OCH3 is 1. The Bertz CT molecular complexity index is 1220. The van der Waals surface area contributed by atoms with E-state index in [0.29, 0.717) is 18.8 Å². The van der Waals surface area contributed by atoms with Gasteiger partial charge in [-0.05, 0) is 49.1 Å². The zero-order valence-electron chi connectivity index (χ0n) is 21.0. The summed E-state index contributed by atoms with van der Waals surface area (Å²) < 4.78 is 11.6. The van der Waals surface area contributed by atoms with E-state index in [9.17, 15) is 4.79 Å². The van der Waals surface area contributed by atoms with E-state index in [1.54, 1.807) is 13.2 Å². The van der Waals surface area contributed by atoms with Gasteiger partial charge in [0.2, 0.25) is 0 Å². The molecule has 0 bridgehead atoms. The van der Waals surface area contributed by atoms with Gasteiger partial charge in [0, 0.05) is 24.7 Å². The molecule has 36 heavy (non-hydrogen) atoms. The van der Waals surface area contributed by atoms with Crippen LogP contribution in [0.25, 0.3) is 0 Å². The van der Waals surface area contributed by atoms with Crippen LogP contribution in [0.4, 0.5) is 0 Å². The third kappa shape index (κ3) is 7.33. The molecule has 1 heterocycles. The first-order valence-electron chi connectivity index (χ1n) is 12.4. The number of nitrogens with one attached hydrogen (secondary N) is 1. The van der Waals surface area contributed by atoms with E-state index in [4.69, 9.17) is 9.15 Å². The number of aryl methyl sites for hydroxylation is 1. The summed E-state index contributed by atoms with van der Waals surface area (Å²) in [5, 5.41) is 3.06. The molecule has 3 aromatic carbocycles. The average molecular weight is 483 g/mol. The Kier molecular flexibility index (Phi) is 8.95. The minimum atomic E-state index is -0.179. The van der Waals surface area contributed by atoms with E-state index < -0.39 is 0 Å². The van der Waals surface area contributed by atoms with Crippen LogP contribution in [0.15, 0.2) is 101 Å². The molecule has 4 rings (SSSR count). The van der Waals surface area contributed by atoms with E-state index in [-0.39, 0.29) is 11.9 Å². The molecule has 1 amide bonds. The Labute approximate surface area is 213 Å². The van der Waals surface area contributed by atoms with Gasteiger partial charge in [-0.1, -0.05) is 78.9 Å². The lowest BCUT2D eigenvalue weighted by Crippen LogP contribution is -2.32. The number of nitrogens with zero attached hydrogens (tertiary/aromatic N) is 1. The molecule has 0 saturated heterocycles. The van der Waals surface area contributed by atoms with Crippen molar-refractivity contribution in [3.05, 3.63) is 125 Å². The smallest absolute Gasteiger partial charge is 0.287 e. The van der Waals surface area contributed by atoms with Crippen LogP contribution in [0.5, 0.6) is 5.75 Å². The van der Waals surface area contributed by atoms with Gasteiger partial charge in [-0.25, -0.2) is 0 Å². The highest BCUT2D eigenvalue weighted by molar-refractivity contribution is 5.91. The van der Waals surface area contributed by atoms with Crippen LogP contribution in [0.2, 0.25) is 0 Å². The van der Waals surface area contributed by atoms with Crippen molar-refractivity contribution in [2.45, 2.75) is 45.4 Å². The Morgan fingerprint density at radius 1 is 0.833 bits per heavy atom. The predicted molar refractivity (Wildman–Crippen MR) is 143 cm³/mol. The van der Waals surface area contributed by atoms with Gasteiger partial charge >= 0.3 is 0 Å². The van der Waals surface area contributed by atoms with Crippen molar-refractivity contribution in [1.82, 2.24) is 10.2 Å². The van der Waals surface area contributed by atoms with Crippen molar-refractivity contribution in [3.8, 4) is 5.75 Å². The third-order valence-electron chi connectivity index (χ3n) is 6.19.